The topological polar surface area (TPSA) is 66.2 Å². The van der Waals surface area contributed by atoms with Crippen LogP contribution in [0.2, 0.25) is 0 Å². The fourth-order valence-corrected chi connectivity index (χ4v) is 1.93. The standard InChI is InChI=1S/C13H13N3O3/c1-16-13(14-8-15-16)6-9(17)12-7-18-10-4-2-3-5-11(10)19-12/h2-5,8,12H,6-7H2,1H3. The molecule has 0 fully saturated rings. The second-order valence-corrected chi connectivity index (χ2v) is 4.31. The zero-order valence-electron chi connectivity index (χ0n) is 10.4. The van der Waals surface area contributed by atoms with Crippen LogP contribution < -0.4 is 9.47 Å². The molecule has 1 aromatic heterocycles. The van der Waals surface area contributed by atoms with E-state index in [9.17, 15) is 4.79 Å². The molecule has 0 N–H and O–H groups in total. The van der Waals surface area contributed by atoms with E-state index in [0.717, 1.165) is 0 Å². The number of benzene rings is 1. The van der Waals surface area contributed by atoms with Gasteiger partial charge in [-0.3, -0.25) is 9.48 Å². The summed E-state index contributed by atoms with van der Waals surface area (Å²) in [5.41, 5.74) is 0. The van der Waals surface area contributed by atoms with Crippen molar-refractivity contribution >= 4 is 5.78 Å². The molecule has 0 radical (unpaired) electrons. The molecule has 0 saturated carbocycles. The molecule has 0 saturated heterocycles. The number of carbonyl (C=O) groups excluding carboxylic acids is 1. The lowest BCUT2D eigenvalue weighted by Gasteiger charge is -2.25. The number of ketones is 1. The molecule has 2 aromatic rings. The van der Waals surface area contributed by atoms with Crippen molar-refractivity contribution in [3.8, 4) is 11.5 Å². The predicted molar refractivity (Wildman–Crippen MR) is 66.1 cm³/mol. The highest BCUT2D eigenvalue weighted by Gasteiger charge is 2.27. The first-order valence-electron chi connectivity index (χ1n) is 5.98. The molecule has 0 amide bonds. The van der Waals surface area contributed by atoms with Gasteiger partial charge in [-0.1, -0.05) is 12.1 Å². The van der Waals surface area contributed by atoms with Gasteiger partial charge in [0.05, 0.1) is 6.42 Å². The van der Waals surface area contributed by atoms with Gasteiger partial charge >= 0.3 is 0 Å². The lowest BCUT2D eigenvalue weighted by Crippen LogP contribution is -2.37. The minimum Gasteiger partial charge on any atom is -0.485 e. The van der Waals surface area contributed by atoms with Gasteiger partial charge in [-0.25, -0.2) is 4.98 Å². The first-order chi connectivity index (χ1) is 9.24. The van der Waals surface area contributed by atoms with Crippen LogP contribution >= 0.6 is 0 Å². The van der Waals surface area contributed by atoms with E-state index in [-0.39, 0.29) is 18.8 Å². The minimum atomic E-state index is -0.591. The van der Waals surface area contributed by atoms with Crippen molar-refractivity contribution in [3.63, 3.8) is 0 Å². The lowest BCUT2D eigenvalue weighted by atomic mass is 10.1. The molecule has 1 aliphatic rings. The van der Waals surface area contributed by atoms with Crippen molar-refractivity contribution in [1.29, 1.82) is 0 Å². The van der Waals surface area contributed by atoms with E-state index in [1.165, 1.54) is 6.33 Å². The summed E-state index contributed by atoms with van der Waals surface area (Å²) in [4.78, 5) is 16.2. The highest BCUT2D eigenvalue weighted by atomic mass is 16.6. The fourth-order valence-electron chi connectivity index (χ4n) is 1.93. The molecule has 1 unspecified atom stereocenters. The van der Waals surface area contributed by atoms with E-state index in [0.29, 0.717) is 17.3 Å². The van der Waals surface area contributed by atoms with Crippen LogP contribution in [0.15, 0.2) is 30.6 Å². The maximum Gasteiger partial charge on any atom is 0.191 e. The summed E-state index contributed by atoms with van der Waals surface area (Å²) in [7, 11) is 1.75. The van der Waals surface area contributed by atoms with Gasteiger partial charge in [-0.2, -0.15) is 5.10 Å². The van der Waals surface area contributed by atoms with Crippen molar-refractivity contribution < 1.29 is 14.3 Å². The second-order valence-electron chi connectivity index (χ2n) is 4.31. The number of aryl methyl sites for hydroxylation is 1. The quantitative estimate of drug-likeness (QED) is 0.814. The maximum atomic E-state index is 12.1. The number of fused-ring (bicyclic) bond motifs is 1. The number of hydrogen-bond donors (Lipinski definition) is 0. The van der Waals surface area contributed by atoms with E-state index < -0.39 is 6.10 Å². The van der Waals surface area contributed by atoms with Crippen molar-refractivity contribution in [2.75, 3.05) is 6.61 Å². The van der Waals surface area contributed by atoms with E-state index in [1.807, 2.05) is 18.2 Å². The summed E-state index contributed by atoms with van der Waals surface area (Å²) in [5, 5.41) is 3.93. The van der Waals surface area contributed by atoms with Crippen molar-refractivity contribution in [3.05, 3.63) is 36.4 Å². The Balaban J connectivity index is 1.71. The number of carbonyl (C=O) groups is 1. The van der Waals surface area contributed by atoms with Crippen molar-refractivity contribution in [2.45, 2.75) is 12.5 Å². The van der Waals surface area contributed by atoms with Gasteiger partial charge in [-0.05, 0) is 12.1 Å². The number of hydrogen-bond acceptors (Lipinski definition) is 5. The number of ether oxygens (including phenoxy) is 2. The van der Waals surface area contributed by atoms with Crippen LogP contribution in [-0.2, 0) is 18.3 Å². The van der Waals surface area contributed by atoms with E-state index in [1.54, 1.807) is 17.8 Å². The van der Waals surface area contributed by atoms with Gasteiger partial charge in [0.15, 0.2) is 23.4 Å². The Hall–Kier alpha value is -2.37. The van der Waals surface area contributed by atoms with Crippen LogP contribution in [0.5, 0.6) is 11.5 Å². The second kappa shape index (κ2) is 4.72. The van der Waals surface area contributed by atoms with Crippen LogP contribution in [0, 0.1) is 0 Å². The zero-order valence-corrected chi connectivity index (χ0v) is 10.4. The summed E-state index contributed by atoms with van der Waals surface area (Å²) >= 11 is 0. The third kappa shape index (κ3) is 2.29. The molecule has 2 heterocycles. The number of para-hydroxylation sites is 2. The minimum absolute atomic E-state index is 0.0643. The third-order valence-electron chi connectivity index (χ3n) is 3.01. The number of aromatic nitrogens is 3. The molecule has 1 atom stereocenters. The molecule has 1 aromatic carbocycles. The van der Waals surface area contributed by atoms with Gasteiger partial charge in [0.1, 0.15) is 18.8 Å². The third-order valence-corrected chi connectivity index (χ3v) is 3.01. The van der Waals surface area contributed by atoms with Gasteiger partial charge in [0.2, 0.25) is 0 Å². The Labute approximate surface area is 110 Å². The highest BCUT2D eigenvalue weighted by Crippen LogP contribution is 2.31. The summed E-state index contributed by atoms with van der Waals surface area (Å²) in [5.74, 6) is 1.83. The number of Topliss-reactive ketones (excluding diaryl/α,β-unsaturated/α-hetero) is 1. The van der Waals surface area contributed by atoms with E-state index >= 15 is 0 Å². The Kier molecular flexibility index (Phi) is 2.91. The molecular weight excluding hydrogens is 246 g/mol. The molecule has 19 heavy (non-hydrogen) atoms. The summed E-state index contributed by atoms with van der Waals surface area (Å²) in [6.45, 7) is 0.230. The van der Waals surface area contributed by atoms with Gasteiger partial charge < -0.3 is 9.47 Å². The summed E-state index contributed by atoms with van der Waals surface area (Å²) in [6.07, 6.45) is 1.02. The van der Waals surface area contributed by atoms with Crippen LogP contribution in [0.25, 0.3) is 0 Å². The molecule has 98 valence electrons. The summed E-state index contributed by atoms with van der Waals surface area (Å²) < 4.78 is 12.7. The van der Waals surface area contributed by atoms with Crippen LogP contribution in [0.4, 0.5) is 0 Å². The zero-order chi connectivity index (χ0) is 13.2. The Morgan fingerprint density at radius 3 is 2.95 bits per heavy atom. The summed E-state index contributed by atoms with van der Waals surface area (Å²) in [6, 6.07) is 7.32. The van der Waals surface area contributed by atoms with Crippen molar-refractivity contribution in [2.24, 2.45) is 7.05 Å². The lowest BCUT2D eigenvalue weighted by molar-refractivity contribution is -0.127. The molecule has 0 aliphatic carbocycles. The highest BCUT2D eigenvalue weighted by molar-refractivity contribution is 5.85. The molecule has 0 spiro atoms. The van der Waals surface area contributed by atoms with Gasteiger partial charge in [0, 0.05) is 7.05 Å². The normalized spacial score (nSPS) is 17.2. The fraction of sp³-hybridized carbons (Fsp3) is 0.308. The molecule has 1 aliphatic heterocycles. The number of rotatable bonds is 3. The SMILES string of the molecule is Cn1ncnc1CC(=O)C1COc2ccccc2O1. The number of nitrogens with zero attached hydrogens (tertiary/aromatic N) is 3. The van der Waals surface area contributed by atoms with E-state index in [4.69, 9.17) is 9.47 Å². The Bertz CT molecular complexity index is 609. The van der Waals surface area contributed by atoms with Gasteiger partial charge in [0.25, 0.3) is 0 Å². The van der Waals surface area contributed by atoms with Crippen LogP contribution in [0.3, 0.4) is 0 Å². The largest absolute Gasteiger partial charge is 0.485 e. The first-order valence-corrected chi connectivity index (χ1v) is 5.98. The molecule has 6 heteroatoms. The molecular formula is C13H13N3O3. The Morgan fingerprint density at radius 1 is 1.42 bits per heavy atom. The average Bonchev–Trinajstić information content (AvgIpc) is 2.84. The first kappa shape index (κ1) is 11.7. The smallest absolute Gasteiger partial charge is 0.191 e. The maximum absolute atomic E-state index is 12.1. The molecule has 3 rings (SSSR count). The van der Waals surface area contributed by atoms with E-state index in [2.05, 4.69) is 10.1 Å². The molecule has 0 bridgehead atoms. The van der Waals surface area contributed by atoms with Crippen LogP contribution in [0.1, 0.15) is 5.82 Å². The monoisotopic (exact) mass is 259 g/mol. The Morgan fingerprint density at radius 2 is 2.21 bits per heavy atom. The van der Waals surface area contributed by atoms with Gasteiger partial charge in [-0.15, -0.1) is 0 Å². The van der Waals surface area contributed by atoms with Crippen molar-refractivity contribution in [1.82, 2.24) is 14.8 Å². The molecule has 6 nitrogen and oxygen atoms in total. The predicted octanol–water partition coefficient (Wildman–Crippen LogP) is 0.767. The van der Waals surface area contributed by atoms with Crippen LogP contribution in [-0.4, -0.2) is 33.3 Å². The average molecular weight is 259 g/mol.